The number of rotatable bonds is 4. The number of carbonyl (C=O) groups excluding carboxylic acids is 1. The maximum Gasteiger partial charge on any atom is 0.328 e. The van der Waals surface area contributed by atoms with Crippen LogP contribution in [0.3, 0.4) is 0 Å². The molecule has 2 atom stereocenters. The van der Waals surface area contributed by atoms with Gasteiger partial charge in [-0.2, -0.15) is 0 Å². The number of hydrogen-bond acceptors (Lipinski definition) is 4. The van der Waals surface area contributed by atoms with E-state index >= 15 is 0 Å². The SMILES string of the molecule is C[C@@H](O)[C@H](NC(=O)N1CCC(N(C)C)CC1)C(=O)O. The van der Waals surface area contributed by atoms with E-state index in [-0.39, 0.29) is 0 Å². The number of piperidine rings is 1. The quantitative estimate of drug-likeness (QED) is 0.645. The lowest BCUT2D eigenvalue weighted by Gasteiger charge is -2.35. The average Bonchev–Trinajstić information content (AvgIpc) is 2.34. The lowest BCUT2D eigenvalue weighted by molar-refractivity contribution is -0.141. The van der Waals surface area contributed by atoms with Gasteiger partial charge in [-0.1, -0.05) is 0 Å². The summed E-state index contributed by atoms with van der Waals surface area (Å²) in [4.78, 5) is 26.5. The number of nitrogens with zero attached hydrogens (tertiary/aromatic N) is 2. The molecule has 1 heterocycles. The predicted octanol–water partition coefficient (Wildman–Crippen LogP) is -0.444. The molecular weight excluding hydrogens is 250 g/mol. The topological polar surface area (TPSA) is 93.1 Å². The van der Waals surface area contributed by atoms with Gasteiger partial charge in [-0.15, -0.1) is 0 Å². The van der Waals surface area contributed by atoms with Crippen LogP contribution in [0.15, 0.2) is 0 Å². The van der Waals surface area contributed by atoms with Crippen LogP contribution in [-0.2, 0) is 4.79 Å². The number of aliphatic hydroxyl groups is 1. The summed E-state index contributed by atoms with van der Waals surface area (Å²) in [5.74, 6) is -1.23. The summed E-state index contributed by atoms with van der Waals surface area (Å²) < 4.78 is 0. The van der Waals surface area contributed by atoms with Gasteiger partial charge in [0.2, 0.25) is 0 Å². The second-order valence-corrected chi connectivity index (χ2v) is 5.19. The molecule has 1 saturated heterocycles. The Balaban J connectivity index is 2.49. The minimum atomic E-state index is -1.26. The minimum Gasteiger partial charge on any atom is -0.480 e. The van der Waals surface area contributed by atoms with Gasteiger partial charge >= 0.3 is 12.0 Å². The first-order valence-electron chi connectivity index (χ1n) is 6.45. The fourth-order valence-electron chi connectivity index (χ4n) is 2.20. The van der Waals surface area contributed by atoms with E-state index in [0.29, 0.717) is 19.1 Å². The van der Waals surface area contributed by atoms with Gasteiger partial charge in [-0.3, -0.25) is 0 Å². The first-order chi connectivity index (χ1) is 8.82. The van der Waals surface area contributed by atoms with Crippen LogP contribution in [0.25, 0.3) is 0 Å². The number of carbonyl (C=O) groups is 2. The van der Waals surface area contributed by atoms with Gasteiger partial charge in [0.05, 0.1) is 6.10 Å². The third kappa shape index (κ3) is 4.36. The molecule has 19 heavy (non-hydrogen) atoms. The third-order valence-corrected chi connectivity index (χ3v) is 3.51. The number of nitrogens with one attached hydrogen (secondary N) is 1. The van der Waals surface area contributed by atoms with Crippen LogP contribution in [-0.4, -0.2) is 77.4 Å². The minimum absolute atomic E-state index is 0.425. The third-order valence-electron chi connectivity index (χ3n) is 3.51. The van der Waals surface area contributed by atoms with Gasteiger partial charge in [-0.05, 0) is 33.9 Å². The zero-order valence-corrected chi connectivity index (χ0v) is 11.7. The van der Waals surface area contributed by atoms with Gasteiger partial charge in [-0.25, -0.2) is 9.59 Å². The van der Waals surface area contributed by atoms with Crippen molar-refractivity contribution in [3.8, 4) is 0 Å². The molecule has 1 aliphatic heterocycles. The fraction of sp³-hybridized carbons (Fsp3) is 0.833. The van der Waals surface area contributed by atoms with E-state index in [9.17, 15) is 14.7 Å². The molecule has 0 saturated carbocycles. The Hall–Kier alpha value is -1.34. The molecule has 0 aromatic rings. The van der Waals surface area contributed by atoms with Crippen LogP contribution in [0.2, 0.25) is 0 Å². The standard InChI is InChI=1S/C12H23N3O4/c1-8(16)10(11(17)18)13-12(19)15-6-4-9(5-7-15)14(2)3/h8-10,16H,4-7H2,1-3H3,(H,13,19)(H,17,18)/t8-,10+/m1/s1. The van der Waals surface area contributed by atoms with Crippen LogP contribution in [0.5, 0.6) is 0 Å². The fourth-order valence-corrected chi connectivity index (χ4v) is 2.20. The number of likely N-dealkylation sites (tertiary alicyclic amines) is 1. The summed E-state index contributed by atoms with van der Waals surface area (Å²) >= 11 is 0. The van der Waals surface area contributed by atoms with E-state index in [1.165, 1.54) is 6.92 Å². The lowest BCUT2D eigenvalue weighted by atomic mass is 10.0. The molecule has 0 bridgehead atoms. The van der Waals surface area contributed by atoms with Gasteiger partial charge in [0.25, 0.3) is 0 Å². The predicted molar refractivity (Wildman–Crippen MR) is 69.9 cm³/mol. The maximum absolute atomic E-state index is 11.9. The van der Waals surface area contributed by atoms with Crippen molar-refractivity contribution in [1.29, 1.82) is 0 Å². The molecule has 0 spiro atoms. The van der Waals surface area contributed by atoms with Gasteiger partial charge in [0.15, 0.2) is 6.04 Å². The molecule has 2 amide bonds. The molecule has 3 N–H and O–H groups in total. The molecule has 0 radical (unpaired) electrons. The molecule has 0 aromatic heterocycles. The van der Waals surface area contributed by atoms with E-state index in [1.807, 2.05) is 14.1 Å². The van der Waals surface area contributed by atoms with Gasteiger partial charge in [0.1, 0.15) is 0 Å². The Morgan fingerprint density at radius 3 is 2.21 bits per heavy atom. The Labute approximate surface area is 113 Å². The van der Waals surface area contributed by atoms with E-state index in [4.69, 9.17) is 5.11 Å². The molecule has 0 aromatic carbocycles. The maximum atomic E-state index is 11.9. The molecule has 7 heteroatoms. The second-order valence-electron chi connectivity index (χ2n) is 5.19. The van der Waals surface area contributed by atoms with Gasteiger partial charge < -0.3 is 25.3 Å². The van der Waals surface area contributed by atoms with Crippen LogP contribution in [0, 0.1) is 0 Å². The van der Waals surface area contributed by atoms with Gasteiger partial charge in [0, 0.05) is 19.1 Å². The summed E-state index contributed by atoms with van der Waals surface area (Å²) in [7, 11) is 4.02. The summed E-state index contributed by atoms with van der Waals surface area (Å²) in [5, 5.41) is 20.6. The summed E-state index contributed by atoms with van der Waals surface area (Å²) in [5.41, 5.74) is 0. The summed E-state index contributed by atoms with van der Waals surface area (Å²) in [6.45, 7) is 2.54. The molecule has 0 unspecified atom stereocenters. The van der Waals surface area contributed by atoms with E-state index in [0.717, 1.165) is 12.8 Å². The first-order valence-corrected chi connectivity index (χ1v) is 6.45. The summed E-state index contributed by atoms with van der Waals surface area (Å²) in [6.07, 6.45) is 0.611. The Kier molecular flexibility index (Phi) is 5.56. The number of aliphatic hydroxyl groups excluding tert-OH is 1. The van der Waals surface area contributed by atoms with Crippen molar-refractivity contribution in [2.45, 2.75) is 38.0 Å². The number of carboxylic acid groups (broad SMARTS) is 1. The highest BCUT2D eigenvalue weighted by molar-refractivity contribution is 5.83. The Bertz CT molecular complexity index is 325. The molecule has 110 valence electrons. The number of amides is 2. The van der Waals surface area contributed by atoms with Crippen LogP contribution >= 0.6 is 0 Å². The highest BCUT2D eigenvalue weighted by atomic mass is 16.4. The lowest BCUT2D eigenvalue weighted by Crippen LogP contribution is -2.54. The smallest absolute Gasteiger partial charge is 0.328 e. The van der Waals surface area contributed by atoms with Crippen molar-refractivity contribution >= 4 is 12.0 Å². The van der Waals surface area contributed by atoms with E-state index in [2.05, 4.69) is 10.2 Å². The van der Waals surface area contributed by atoms with E-state index in [1.54, 1.807) is 4.90 Å². The zero-order chi connectivity index (χ0) is 14.6. The molecular formula is C12H23N3O4. The van der Waals surface area contributed by atoms with Crippen molar-refractivity contribution < 1.29 is 19.8 Å². The average molecular weight is 273 g/mol. The summed E-state index contributed by atoms with van der Waals surface area (Å²) in [6, 6.07) is -1.24. The molecule has 1 fully saturated rings. The first kappa shape index (κ1) is 15.7. The monoisotopic (exact) mass is 273 g/mol. The number of urea groups is 1. The number of hydrogen-bond donors (Lipinski definition) is 3. The molecule has 7 nitrogen and oxygen atoms in total. The van der Waals surface area contributed by atoms with Crippen molar-refractivity contribution in [3.05, 3.63) is 0 Å². The number of carboxylic acids is 1. The van der Waals surface area contributed by atoms with E-state index < -0.39 is 24.1 Å². The highest BCUT2D eigenvalue weighted by Crippen LogP contribution is 2.14. The zero-order valence-electron chi connectivity index (χ0n) is 11.7. The number of aliphatic carboxylic acids is 1. The van der Waals surface area contributed by atoms with Crippen LogP contribution in [0.4, 0.5) is 4.79 Å². The Morgan fingerprint density at radius 1 is 1.32 bits per heavy atom. The van der Waals surface area contributed by atoms with Crippen molar-refractivity contribution in [2.24, 2.45) is 0 Å². The normalized spacial score (nSPS) is 20.2. The molecule has 1 aliphatic rings. The molecule has 0 aliphatic carbocycles. The van der Waals surface area contributed by atoms with Crippen molar-refractivity contribution in [1.82, 2.24) is 15.1 Å². The Morgan fingerprint density at radius 2 is 1.84 bits per heavy atom. The highest BCUT2D eigenvalue weighted by Gasteiger charge is 2.29. The molecule has 1 rings (SSSR count). The largest absolute Gasteiger partial charge is 0.480 e. The second kappa shape index (κ2) is 6.72. The van der Waals surface area contributed by atoms with Crippen molar-refractivity contribution in [2.75, 3.05) is 27.2 Å². The van der Waals surface area contributed by atoms with Crippen LogP contribution < -0.4 is 5.32 Å². The van der Waals surface area contributed by atoms with Crippen LogP contribution in [0.1, 0.15) is 19.8 Å². The van der Waals surface area contributed by atoms with Crippen molar-refractivity contribution in [3.63, 3.8) is 0 Å².